The number of nitrogens with one attached hydrogen (secondary N) is 1. The summed E-state index contributed by atoms with van der Waals surface area (Å²) in [7, 11) is 1.69. The Hall–Kier alpha value is -2.57. The van der Waals surface area contributed by atoms with Crippen LogP contribution in [0.4, 0.5) is 4.79 Å². The average Bonchev–Trinajstić information content (AvgIpc) is 3.00. The molecule has 0 saturated carbocycles. The predicted octanol–water partition coefficient (Wildman–Crippen LogP) is 1.68. The van der Waals surface area contributed by atoms with Crippen LogP contribution in [0.3, 0.4) is 0 Å². The van der Waals surface area contributed by atoms with Gasteiger partial charge >= 0.3 is 6.03 Å². The van der Waals surface area contributed by atoms with Crippen LogP contribution in [0.1, 0.15) is 29.2 Å². The number of amides is 2. The molecule has 25 heavy (non-hydrogen) atoms. The van der Waals surface area contributed by atoms with Crippen molar-refractivity contribution in [2.45, 2.75) is 45.3 Å². The highest BCUT2D eigenvalue weighted by Crippen LogP contribution is 2.27. The molecule has 0 spiro atoms. The summed E-state index contributed by atoms with van der Waals surface area (Å²) in [5.74, 6) is 2.73. The predicted molar refractivity (Wildman–Crippen MR) is 92.5 cm³/mol. The number of rotatable bonds is 2. The molecular formula is C18H23N5O2. The standard InChI is InChI=1S/C18H23N5O2/c1-12-19-17-7-6-14(11-23(17)21-12)20-18(24)22-9-8-15-13(10-22)4-3-5-16(15)25-2/h3-5,14H,6-11H2,1-2H3,(H,20,24)/t14-/m0/s1. The molecule has 1 aromatic carbocycles. The van der Waals surface area contributed by atoms with E-state index >= 15 is 0 Å². The Balaban J connectivity index is 1.41. The van der Waals surface area contributed by atoms with Crippen molar-refractivity contribution < 1.29 is 9.53 Å². The van der Waals surface area contributed by atoms with E-state index in [0.717, 1.165) is 36.7 Å². The summed E-state index contributed by atoms with van der Waals surface area (Å²) in [5.41, 5.74) is 2.38. The summed E-state index contributed by atoms with van der Waals surface area (Å²) in [6, 6.07) is 6.14. The summed E-state index contributed by atoms with van der Waals surface area (Å²) in [6.07, 6.45) is 2.58. The molecule has 1 atom stereocenters. The molecule has 7 nitrogen and oxygen atoms in total. The number of hydrogen-bond acceptors (Lipinski definition) is 4. The quantitative estimate of drug-likeness (QED) is 0.902. The molecule has 3 heterocycles. The van der Waals surface area contributed by atoms with Gasteiger partial charge in [-0.3, -0.25) is 0 Å². The Bertz CT molecular complexity index is 801. The van der Waals surface area contributed by atoms with Gasteiger partial charge in [-0.25, -0.2) is 14.5 Å². The largest absolute Gasteiger partial charge is 0.496 e. The summed E-state index contributed by atoms with van der Waals surface area (Å²) < 4.78 is 7.35. The molecule has 2 aromatic rings. The van der Waals surface area contributed by atoms with Crippen molar-refractivity contribution in [1.29, 1.82) is 0 Å². The van der Waals surface area contributed by atoms with Gasteiger partial charge in [0.1, 0.15) is 17.4 Å². The van der Waals surface area contributed by atoms with E-state index < -0.39 is 0 Å². The van der Waals surface area contributed by atoms with E-state index in [9.17, 15) is 4.79 Å². The van der Waals surface area contributed by atoms with E-state index in [2.05, 4.69) is 21.5 Å². The summed E-state index contributed by atoms with van der Waals surface area (Å²) in [5, 5.41) is 7.56. The highest BCUT2D eigenvalue weighted by molar-refractivity contribution is 5.75. The lowest BCUT2D eigenvalue weighted by Crippen LogP contribution is -2.49. The van der Waals surface area contributed by atoms with Gasteiger partial charge in [0.2, 0.25) is 0 Å². The van der Waals surface area contributed by atoms with Gasteiger partial charge in [-0.1, -0.05) is 12.1 Å². The van der Waals surface area contributed by atoms with Gasteiger partial charge in [0, 0.05) is 25.1 Å². The Morgan fingerprint density at radius 1 is 1.36 bits per heavy atom. The molecule has 0 fully saturated rings. The molecule has 4 rings (SSSR count). The summed E-state index contributed by atoms with van der Waals surface area (Å²) in [6.45, 7) is 3.93. The molecule has 132 valence electrons. The number of fused-ring (bicyclic) bond motifs is 2. The number of ether oxygens (including phenoxy) is 1. The lowest BCUT2D eigenvalue weighted by atomic mass is 9.99. The number of hydrogen-bond donors (Lipinski definition) is 1. The molecule has 0 aliphatic carbocycles. The highest BCUT2D eigenvalue weighted by atomic mass is 16.5. The second-order valence-corrected chi connectivity index (χ2v) is 6.71. The lowest BCUT2D eigenvalue weighted by molar-refractivity contribution is 0.183. The Labute approximate surface area is 147 Å². The number of urea groups is 1. The number of carbonyl (C=O) groups excluding carboxylic acids is 1. The number of benzene rings is 1. The van der Waals surface area contributed by atoms with E-state index in [1.807, 2.05) is 28.6 Å². The first kappa shape index (κ1) is 15.9. The zero-order valence-corrected chi connectivity index (χ0v) is 14.7. The van der Waals surface area contributed by atoms with Crippen LogP contribution in [0.5, 0.6) is 5.75 Å². The zero-order chi connectivity index (χ0) is 17.4. The van der Waals surface area contributed by atoms with Crippen LogP contribution in [-0.2, 0) is 25.9 Å². The van der Waals surface area contributed by atoms with Crippen molar-refractivity contribution in [3.05, 3.63) is 41.0 Å². The van der Waals surface area contributed by atoms with Crippen LogP contribution in [0.2, 0.25) is 0 Å². The molecule has 0 bridgehead atoms. The molecule has 0 unspecified atom stereocenters. The molecule has 1 aromatic heterocycles. The van der Waals surface area contributed by atoms with Gasteiger partial charge in [0.15, 0.2) is 0 Å². The molecular weight excluding hydrogens is 318 g/mol. The smallest absolute Gasteiger partial charge is 0.317 e. The fourth-order valence-corrected chi connectivity index (χ4v) is 3.76. The highest BCUT2D eigenvalue weighted by Gasteiger charge is 2.27. The van der Waals surface area contributed by atoms with Crippen LogP contribution >= 0.6 is 0 Å². The number of carbonyl (C=O) groups is 1. The second kappa shape index (κ2) is 6.38. The molecule has 2 aliphatic heterocycles. The fraction of sp³-hybridized carbons (Fsp3) is 0.500. The minimum atomic E-state index is -0.00115. The molecule has 2 amide bonds. The van der Waals surface area contributed by atoms with Crippen LogP contribution in [0.25, 0.3) is 0 Å². The van der Waals surface area contributed by atoms with Gasteiger partial charge in [-0.15, -0.1) is 0 Å². The topological polar surface area (TPSA) is 72.3 Å². The number of methoxy groups -OCH3 is 1. The zero-order valence-electron chi connectivity index (χ0n) is 14.7. The monoisotopic (exact) mass is 341 g/mol. The summed E-state index contributed by atoms with van der Waals surface area (Å²) in [4.78, 5) is 19.0. The fourth-order valence-electron chi connectivity index (χ4n) is 3.76. The number of aryl methyl sites for hydroxylation is 2. The number of nitrogens with zero attached hydrogens (tertiary/aromatic N) is 4. The van der Waals surface area contributed by atoms with Gasteiger partial charge in [0.25, 0.3) is 0 Å². The van der Waals surface area contributed by atoms with Crippen molar-refractivity contribution >= 4 is 6.03 Å². The van der Waals surface area contributed by atoms with E-state index in [4.69, 9.17) is 4.74 Å². The maximum Gasteiger partial charge on any atom is 0.317 e. The SMILES string of the molecule is COc1cccc2c1CCN(C(=O)N[C@H]1CCc3nc(C)nn3C1)C2. The lowest BCUT2D eigenvalue weighted by Gasteiger charge is -2.32. The van der Waals surface area contributed by atoms with Gasteiger partial charge in [-0.2, -0.15) is 5.10 Å². The maximum absolute atomic E-state index is 12.7. The van der Waals surface area contributed by atoms with E-state index in [-0.39, 0.29) is 12.1 Å². The third-order valence-corrected chi connectivity index (χ3v) is 5.02. The third-order valence-electron chi connectivity index (χ3n) is 5.02. The van der Waals surface area contributed by atoms with E-state index in [1.165, 1.54) is 11.1 Å². The molecule has 7 heteroatoms. The molecule has 1 N–H and O–H groups in total. The van der Waals surface area contributed by atoms with Crippen molar-refractivity contribution in [1.82, 2.24) is 25.0 Å². The van der Waals surface area contributed by atoms with Crippen LogP contribution < -0.4 is 10.1 Å². The van der Waals surface area contributed by atoms with Gasteiger partial charge in [0.05, 0.1) is 19.7 Å². The van der Waals surface area contributed by atoms with E-state index in [0.29, 0.717) is 19.6 Å². The molecule has 0 radical (unpaired) electrons. The first-order chi connectivity index (χ1) is 12.1. The van der Waals surface area contributed by atoms with Gasteiger partial charge in [-0.05, 0) is 31.4 Å². The van der Waals surface area contributed by atoms with Gasteiger partial charge < -0.3 is 15.0 Å². The second-order valence-electron chi connectivity index (χ2n) is 6.71. The Kier molecular flexibility index (Phi) is 4.07. The molecule has 0 saturated heterocycles. The average molecular weight is 341 g/mol. The van der Waals surface area contributed by atoms with Crippen LogP contribution in [0, 0.1) is 6.92 Å². The van der Waals surface area contributed by atoms with E-state index in [1.54, 1.807) is 7.11 Å². The van der Waals surface area contributed by atoms with Crippen LogP contribution in [-0.4, -0.2) is 45.4 Å². The normalized spacial score (nSPS) is 19.1. The number of aromatic nitrogens is 3. The first-order valence-electron chi connectivity index (χ1n) is 8.74. The minimum absolute atomic E-state index is 0.00115. The Morgan fingerprint density at radius 3 is 3.08 bits per heavy atom. The molecule has 2 aliphatic rings. The summed E-state index contributed by atoms with van der Waals surface area (Å²) >= 11 is 0. The van der Waals surface area contributed by atoms with Crippen LogP contribution in [0.15, 0.2) is 18.2 Å². The third kappa shape index (κ3) is 3.06. The van der Waals surface area contributed by atoms with Crippen molar-refractivity contribution in [3.63, 3.8) is 0 Å². The van der Waals surface area contributed by atoms with Crippen molar-refractivity contribution in [2.24, 2.45) is 0 Å². The van der Waals surface area contributed by atoms with Crippen molar-refractivity contribution in [3.8, 4) is 5.75 Å². The minimum Gasteiger partial charge on any atom is -0.496 e. The Morgan fingerprint density at radius 2 is 2.24 bits per heavy atom. The first-order valence-corrected chi connectivity index (χ1v) is 8.74. The maximum atomic E-state index is 12.7. The van der Waals surface area contributed by atoms with Crippen molar-refractivity contribution in [2.75, 3.05) is 13.7 Å².